The smallest absolute Gasteiger partial charge is 0.238 e. The number of benzene rings is 2. The van der Waals surface area contributed by atoms with Crippen molar-refractivity contribution < 1.29 is 17.2 Å². The van der Waals surface area contributed by atoms with Crippen LogP contribution in [0.25, 0.3) is 0 Å². The molecular formula is C20H26F2IN5O2S. The SMILES string of the molecule is CN=C(NCCc1ccc(S(N)(=O)=O)cc1)NC1CCN(c2ccc(F)cc2F)C1.I. The highest BCUT2D eigenvalue weighted by Crippen LogP contribution is 2.24. The zero-order valence-corrected chi connectivity index (χ0v) is 20.2. The molecule has 2 aromatic rings. The second-order valence-electron chi connectivity index (χ2n) is 7.11. The van der Waals surface area contributed by atoms with E-state index in [1.54, 1.807) is 19.2 Å². The average molecular weight is 565 g/mol. The largest absolute Gasteiger partial charge is 0.367 e. The maximum atomic E-state index is 14.0. The second kappa shape index (κ2) is 11.0. The zero-order chi connectivity index (χ0) is 21.7. The molecule has 0 amide bonds. The fourth-order valence-electron chi connectivity index (χ4n) is 3.39. The highest BCUT2D eigenvalue weighted by molar-refractivity contribution is 14.0. The first-order valence-electron chi connectivity index (χ1n) is 9.55. The van der Waals surface area contributed by atoms with Crippen LogP contribution in [0.2, 0.25) is 0 Å². The second-order valence-corrected chi connectivity index (χ2v) is 8.67. The fraction of sp³-hybridized carbons (Fsp3) is 0.350. The number of anilines is 1. The molecule has 1 aliphatic rings. The molecule has 0 bridgehead atoms. The zero-order valence-electron chi connectivity index (χ0n) is 17.0. The molecule has 4 N–H and O–H groups in total. The van der Waals surface area contributed by atoms with E-state index < -0.39 is 21.7 Å². The molecule has 0 saturated carbocycles. The van der Waals surface area contributed by atoms with Crippen molar-refractivity contribution in [3.8, 4) is 0 Å². The van der Waals surface area contributed by atoms with E-state index in [2.05, 4.69) is 15.6 Å². The molecular weight excluding hydrogens is 539 g/mol. The molecule has 1 atom stereocenters. The van der Waals surface area contributed by atoms with Gasteiger partial charge in [-0.2, -0.15) is 0 Å². The van der Waals surface area contributed by atoms with Gasteiger partial charge in [0, 0.05) is 38.8 Å². The van der Waals surface area contributed by atoms with Crippen molar-refractivity contribution in [3.05, 3.63) is 59.7 Å². The molecule has 2 aromatic carbocycles. The lowest BCUT2D eigenvalue weighted by molar-refractivity contribution is 0.580. The molecule has 3 rings (SSSR count). The van der Waals surface area contributed by atoms with Crippen LogP contribution >= 0.6 is 24.0 Å². The number of guanidine groups is 1. The summed E-state index contributed by atoms with van der Waals surface area (Å²) in [4.78, 5) is 6.18. The van der Waals surface area contributed by atoms with Crippen LogP contribution in [0.5, 0.6) is 0 Å². The number of hydrogen-bond acceptors (Lipinski definition) is 4. The Balaban J connectivity index is 0.00000341. The first kappa shape index (κ1) is 25.3. The minimum atomic E-state index is -3.69. The fourth-order valence-corrected chi connectivity index (χ4v) is 3.91. The molecule has 1 heterocycles. The molecule has 1 fully saturated rings. The Morgan fingerprint density at radius 2 is 1.94 bits per heavy atom. The Morgan fingerprint density at radius 1 is 1.23 bits per heavy atom. The third kappa shape index (κ3) is 7.01. The summed E-state index contributed by atoms with van der Waals surface area (Å²) in [7, 11) is -2.02. The summed E-state index contributed by atoms with van der Waals surface area (Å²) >= 11 is 0. The van der Waals surface area contributed by atoms with Gasteiger partial charge in [0.05, 0.1) is 10.6 Å². The van der Waals surface area contributed by atoms with E-state index in [1.165, 1.54) is 24.3 Å². The topological polar surface area (TPSA) is 99.8 Å². The van der Waals surface area contributed by atoms with E-state index in [1.807, 2.05) is 4.90 Å². The summed E-state index contributed by atoms with van der Waals surface area (Å²) in [6.45, 7) is 1.84. The van der Waals surface area contributed by atoms with Crippen LogP contribution in [0.3, 0.4) is 0 Å². The van der Waals surface area contributed by atoms with Gasteiger partial charge in [-0.1, -0.05) is 12.1 Å². The predicted octanol–water partition coefficient (Wildman–Crippen LogP) is 2.22. The maximum Gasteiger partial charge on any atom is 0.238 e. The van der Waals surface area contributed by atoms with Gasteiger partial charge >= 0.3 is 0 Å². The number of halogens is 3. The van der Waals surface area contributed by atoms with E-state index in [4.69, 9.17) is 5.14 Å². The van der Waals surface area contributed by atoms with Crippen molar-refractivity contribution in [1.82, 2.24) is 10.6 Å². The Hall–Kier alpha value is -1.99. The number of nitrogens with zero attached hydrogens (tertiary/aromatic N) is 2. The van der Waals surface area contributed by atoms with Gasteiger partial charge in [-0.05, 0) is 42.7 Å². The van der Waals surface area contributed by atoms with E-state index in [-0.39, 0.29) is 34.9 Å². The van der Waals surface area contributed by atoms with E-state index in [0.29, 0.717) is 37.7 Å². The van der Waals surface area contributed by atoms with E-state index in [0.717, 1.165) is 18.1 Å². The van der Waals surface area contributed by atoms with Gasteiger partial charge in [-0.3, -0.25) is 4.99 Å². The Bertz CT molecular complexity index is 1020. The summed E-state index contributed by atoms with van der Waals surface area (Å²) < 4.78 is 49.7. The van der Waals surface area contributed by atoms with Gasteiger partial charge in [0.1, 0.15) is 11.6 Å². The maximum absolute atomic E-state index is 14.0. The third-order valence-corrected chi connectivity index (χ3v) is 5.89. The average Bonchev–Trinajstić information content (AvgIpc) is 3.15. The number of primary sulfonamides is 1. The van der Waals surface area contributed by atoms with Gasteiger partial charge in [-0.15, -0.1) is 24.0 Å². The summed E-state index contributed by atoms with van der Waals surface area (Å²) in [5.41, 5.74) is 1.36. The van der Waals surface area contributed by atoms with E-state index in [9.17, 15) is 17.2 Å². The van der Waals surface area contributed by atoms with Crippen molar-refractivity contribution in [2.24, 2.45) is 10.1 Å². The Labute approximate surface area is 198 Å². The molecule has 1 aliphatic heterocycles. The van der Waals surface area contributed by atoms with Crippen LogP contribution in [-0.4, -0.2) is 47.1 Å². The van der Waals surface area contributed by atoms with Crippen LogP contribution < -0.4 is 20.7 Å². The number of hydrogen-bond donors (Lipinski definition) is 3. The summed E-state index contributed by atoms with van der Waals surface area (Å²) in [6.07, 6.45) is 1.47. The molecule has 170 valence electrons. The van der Waals surface area contributed by atoms with Gasteiger partial charge < -0.3 is 15.5 Å². The lowest BCUT2D eigenvalue weighted by Crippen LogP contribution is -2.45. The quantitative estimate of drug-likeness (QED) is 0.284. The minimum absolute atomic E-state index is 0. The van der Waals surface area contributed by atoms with Crippen LogP contribution in [-0.2, 0) is 16.4 Å². The normalized spacial score (nSPS) is 16.7. The standard InChI is InChI=1S/C20H25F2N5O2S.HI/c1-24-20(25-10-8-14-2-5-17(6-3-14)30(23,28)29)26-16-9-11-27(13-16)19-7-4-15(21)12-18(19)22;/h2-7,12,16H,8-11,13H2,1H3,(H2,23,28,29)(H2,24,25,26);1H. The molecule has 1 unspecified atom stereocenters. The number of aliphatic imine (C=N–C) groups is 1. The van der Waals surface area contributed by atoms with Gasteiger partial charge in [0.15, 0.2) is 5.96 Å². The Kier molecular flexibility index (Phi) is 9.01. The van der Waals surface area contributed by atoms with Crippen molar-refractivity contribution in [2.75, 3.05) is 31.6 Å². The summed E-state index contributed by atoms with van der Waals surface area (Å²) in [5, 5.41) is 11.6. The van der Waals surface area contributed by atoms with Crippen molar-refractivity contribution in [3.63, 3.8) is 0 Å². The van der Waals surface area contributed by atoms with Gasteiger partial charge in [0.2, 0.25) is 10.0 Å². The molecule has 0 aromatic heterocycles. The van der Waals surface area contributed by atoms with Crippen LogP contribution in [0.15, 0.2) is 52.4 Å². The molecule has 31 heavy (non-hydrogen) atoms. The van der Waals surface area contributed by atoms with Crippen LogP contribution in [0, 0.1) is 11.6 Å². The highest BCUT2D eigenvalue weighted by Gasteiger charge is 2.25. The number of rotatable bonds is 6. The monoisotopic (exact) mass is 565 g/mol. The number of nitrogens with two attached hydrogens (primary N) is 1. The first-order valence-corrected chi connectivity index (χ1v) is 11.1. The molecule has 0 aliphatic carbocycles. The first-order chi connectivity index (χ1) is 14.3. The van der Waals surface area contributed by atoms with Gasteiger partial charge in [-0.25, -0.2) is 22.3 Å². The Morgan fingerprint density at radius 3 is 2.55 bits per heavy atom. The summed E-state index contributed by atoms with van der Waals surface area (Å²) in [6, 6.07) is 10.1. The predicted molar refractivity (Wildman–Crippen MR) is 128 cm³/mol. The molecule has 7 nitrogen and oxygen atoms in total. The number of nitrogens with one attached hydrogen (secondary N) is 2. The summed E-state index contributed by atoms with van der Waals surface area (Å²) in [5.74, 6) is -0.525. The van der Waals surface area contributed by atoms with Gasteiger partial charge in [0.25, 0.3) is 0 Å². The van der Waals surface area contributed by atoms with Crippen molar-refractivity contribution in [1.29, 1.82) is 0 Å². The number of sulfonamides is 1. The molecule has 11 heteroatoms. The molecule has 1 saturated heterocycles. The van der Waals surface area contributed by atoms with Crippen LogP contribution in [0.4, 0.5) is 14.5 Å². The highest BCUT2D eigenvalue weighted by atomic mass is 127. The van der Waals surface area contributed by atoms with Crippen molar-refractivity contribution in [2.45, 2.75) is 23.8 Å². The third-order valence-electron chi connectivity index (χ3n) is 4.96. The lowest BCUT2D eigenvalue weighted by atomic mass is 10.1. The minimum Gasteiger partial charge on any atom is -0.367 e. The molecule has 0 radical (unpaired) electrons. The molecule has 0 spiro atoms. The van der Waals surface area contributed by atoms with Crippen LogP contribution in [0.1, 0.15) is 12.0 Å². The lowest BCUT2D eigenvalue weighted by Gasteiger charge is -2.21. The van der Waals surface area contributed by atoms with E-state index >= 15 is 0 Å². The van der Waals surface area contributed by atoms with Crippen molar-refractivity contribution >= 4 is 45.6 Å².